The zero-order chi connectivity index (χ0) is 19.3. The van der Waals surface area contributed by atoms with E-state index < -0.39 is 0 Å². The van der Waals surface area contributed by atoms with Crippen molar-refractivity contribution in [1.29, 1.82) is 0 Å². The Bertz CT molecular complexity index is 785. The quantitative estimate of drug-likeness (QED) is 0.761. The molecular formula is C21H25ClN2O2. The number of aryl methyl sites for hydroxylation is 1. The highest BCUT2D eigenvalue weighted by atomic mass is 35.5. The van der Waals surface area contributed by atoms with Gasteiger partial charge in [-0.15, -0.1) is 0 Å². The Morgan fingerprint density at radius 1 is 1.12 bits per heavy atom. The Labute approximate surface area is 160 Å². The largest absolute Gasteiger partial charge is 0.326 e. The Hall–Kier alpha value is -2.33. The Morgan fingerprint density at radius 3 is 2.31 bits per heavy atom. The van der Waals surface area contributed by atoms with Gasteiger partial charge in [-0.2, -0.15) is 0 Å². The molecule has 0 bridgehead atoms. The van der Waals surface area contributed by atoms with Crippen molar-refractivity contribution >= 4 is 34.8 Å². The topological polar surface area (TPSA) is 49.4 Å². The van der Waals surface area contributed by atoms with Gasteiger partial charge in [-0.25, -0.2) is 0 Å². The lowest BCUT2D eigenvalue weighted by atomic mass is 10.0. The maximum absolute atomic E-state index is 12.3. The molecule has 0 atom stereocenters. The second-order valence-corrected chi connectivity index (χ2v) is 7.11. The summed E-state index contributed by atoms with van der Waals surface area (Å²) in [5.41, 5.74) is 3.65. The van der Waals surface area contributed by atoms with Gasteiger partial charge in [0.05, 0.1) is 0 Å². The second kappa shape index (κ2) is 8.86. The van der Waals surface area contributed by atoms with Crippen molar-refractivity contribution < 1.29 is 9.59 Å². The summed E-state index contributed by atoms with van der Waals surface area (Å²) >= 11 is 5.93. The van der Waals surface area contributed by atoms with E-state index in [9.17, 15) is 9.59 Å². The van der Waals surface area contributed by atoms with Crippen molar-refractivity contribution in [2.24, 2.45) is 0 Å². The molecule has 0 unspecified atom stereocenters. The van der Waals surface area contributed by atoms with Gasteiger partial charge in [-0.05, 0) is 54.3 Å². The first-order valence-corrected chi connectivity index (χ1v) is 9.09. The fourth-order valence-electron chi connectivity index (χ4n) is 2.70. The predicted molar refractivity (Wildman–Crippen MR) is 108 cm³/mol. The van der Waals surface area contributed by atoms with Gasteiger partial charge in [-0.1, -0.05) is 37.6 Å². The van der Waals surface area contributed by atoms with Crippen LogP contribution in [0.2, 0.25) is 5.02 Å². The number of nitrogens with zero attached hydrogens (tertiary/aromatic N) is 1. The smallest absolute Gasteiger partial charge is 0.226 e. The van der Waals surface area contributed by atoms with E-state index in [-0.39, 0.29) is 18.2 Å². The summed E-state index contributed by atoms with van der Waals surface area (Å²) in [4.78, 5) is 25.9. The molecule has 1 N–H and O–H groups in total. The molecule has 5 heteroatoms. The fraction of sp³-hybridized carbons (Fsp3) is 0.333. The van der Waals surface area contributed by atoms with E-state index in [2.05, 4.69) is 19.2 Å². The molecule has 2 amide bonds. The lowest BCUT2D eigenvalue weighted by Crippen LogP contribution is -2.32. The SMILES string of the molecule is CC(=O)N(CCC(=O)Nc1ccc(Cl)cc1C)c1ccc(C(C)C)cc1. The van der Waals surface area contributed by atoms with Crippen LogP contribution in [-0.4, -0.2) is 18.4 Å². The van der Waals surface area contributed by atoms with Gasteiger partial charge >= 0.3 is 0 Å². The minimum absolute atomic E-state index is 0.0854. The molecular weight excluding hydrogens is 348 g/mol. The molecule has 0 heterocycles. The number of rotatable bonds is 6. The maximum atomic E-state index is 12.3. The number of halogens is 1. The third-order valence-corrected chi connectivity index (χ3v) is 4.51. The number of hydrogen-bond acceptors (Lipinski definition) is 2. The molecule has 0 aliphatic heterocycles. The molecule has 0 radical (unpaired) electrons. The van der Waals surface area contributed by atoms with Crippen molar-refractivity contribution in [1.82, 2.24) is 0 Å². The molecule has 0 aliphatic carbocycles. The summed E-state index contributed by atoms with van der Waals surface area (Å²) in [5, 5.41) is 3.50. The van der Waals surface area contributed by atoms with Crippen molar-refractivity contribution in [3.63, 3.8) is 0 Å². The standard InChI is InChI=1S/C21H25ClN2O2/c1-14(2)17-5-8-19(9-6-17)24(16(4)25)12-11-21(26)23-20-10-7-18(22)13-15(20)3/h5-10,13-14H,11-12H2,1-4H3,(H,23,26). The first-order chi connectivity index (χ1) is 12.3. The van der Waals surface area contributed by atoms with Crippen LogP contribution >= 0.6 is 11.6 Å². The highest BCUT2D eigenvalue weighted by molar-refractivity contribution is 6.30. The van der Waals surface area contributed by atoms with Gasteiger partial charge < -0.3 is 10.2 Å². The average Bonchev–Trinajstić information content (AvgIpc) is 2.57. The molecule has 0 aromatic heterocycles. The first kappa shape index (κ1) is 20.0. The summed E-state index contributed by atoms with van der Waals surface area (Å²) in [6, 6.07) is 13.2. The van der Waals surface area contributed by atoms with Gasteiger partial charge in [0.25, 0.3) is 0 Å². The predicted octanol–water partition coefficient (Wildman–Crippen LogP) is 5.15. The van der Waals surface area contributed by atoms with Crippen LogP contribution in [0.25, 0.3) is 0 Å². The molecule has 138 valence electrons. The third-order valence-electron chi connectivity index (χ3n) is 4.28. The van der Waals surface area contributed by atoms with E-state index in [0.29, 0.717) is 17.5 Å². The van der Waals surface area contributed by atoms with E-state index >= 15 is 0 Å². The van der Waals surface area contributed by atoms with Gasteiger partial charge in [0.1, 0.15) is 0 Å². The number of amides is 2. The highest BCUT2D eigenvalue weighted by Crippen LogP contribution is 2.22. The van der Waals surface area contributed by atoms with Crippen molar-refractivity contribution in [2.45, 2.75) is 40.0 Å². The minimum Gasteiger partial charge on any atom is -0.326 e. The zero-order valence-corrected chi connectivity index (χ0v) is 16.4. The monoisotopic (exact) mass is 372 g/mol. The molecule has 0 saturated carbocycles. The Balaban J connectivity index is 2.01. The van der Waals surface area contributed by atoms with Crippen molar-refractivity contribution in [2.75, 3.05) is 16.8 Å². The minimum atomic E-state index is -0.138. The maximum Gasteiger partial charge on any atom is 0.226 e. The first-order valence-electron chi connectivity index (χ1n) is 8.72. The van der Waals surface area contributed by atoms with E-state index in [0.717, 1.165) is 16.9 Å². The third kappa shape index (κ3) is 5.33. The number of carbonyl (C=O) groups is 2. The molecule has 26 heavy (non-hydrogen) atoms. The number of nitrogens with one attached hydrogen (secondary N) is 1. The van der Waals surface area contributed by atoms with E-state index in [1.807, 2.05) is 31.2 Å². The summed E-state index contributed by atoms with van der Waals surface area (Å²) in [5.74, 6) is 0.210. The average molecular weight is 373 g/mol. The Morgan fingerprint density at radius 2 is 1.77 bits per heavy atom. The van der Waals surface area contributed by atoms with Crippen LogP contribution in [0.1, 0.15) is 44.2 Å². The lowest BCUT2D eigenvalue weighted by Gasteiger charge is -2.21. The summed E-state index contributed by atoms with van der Waals surface area (Å²) in [7, 11) is 0. The van der Waals surface area contributed by atoms with E-state index in [1.165, 1.54) is 12.5 Å². The normalized spacial score (nSPS) is 10.7. The molecule has 4 nitrogen and oxygen atoms in total. The zero-order valence-electron chi connectivity index (χ0n) is 15.7. The molecule has 2 aromatic carbocycles. The number of benzene rings is 2. The van der Waals surface area contributed by atoms with Crippen LogP contribution in [0.3, 0.4) is 0 Å². The van der Waals surface area contributed by atoms with E-state index in [1.54, 1.807) is 23.1 Å². The molecule has 0 fully saturated rings. The van der Waals surface area contributed by atoms with Crippen LogP contribution in [0.4, 0.5) is 11.4 Å². The number of anilines is 2. The van der Waals surface area contributed by atoms with Gasteiger partial charge in [0, 0.05) is 36.3 Å². The summed E-state index contributed by atoms with van der Waals surface area (Å²) in [6.07, 6.45) is 0.216. The molecule has 0 saturated heterocycles. The van der Waals surface area contributed by atoms with Crippen molar-refractivity contribution in [3.05, 3.63) is 58.6 Å². The van der Waals surface area contributed by atoms with Crippen LogP contribution in [-0.2, 0) is 9.59 Å². The van der Waals surface area contributed by atoms with Crippen LogP contribution in [0.15, 0.2) is 42.5 Å². The second-order valence-electron chi connectivity index (χ2n) is 6.67. The Kier molecular flexibility index (Phi) is 6.81. The van der Waals surface area contributed by atoms with Gasteiger partial charge in [0.15, 0.2) is 0 Å². The van der Waals surface area contributed by atoms with Crippen molar-refractivity contribution in [3.8, 4) is 0 Å². The van der Waals surface area contributed by atoms with E-state index in [4.69, 9.17) is 11.6 Å². The summed E-state index contributed by atoms with van der Waals surface area (Å²) < 4.78 is 0. The van der Waals surface area contributed by atoms with Gasteiger partial charge in [-0.3, -0.25) is 9.59 Å². The molecule has 2 aromatic rings. The molecule has 2 rings (SSSR count). The lowest BCUT2D eigenvalue weighted by molar-refractivity contribution is -0.117. The van der Waals surface area contributed by atoms with Crippen LogP contribution in [0.5, 0.6) is 0 Å². The van der Waals surface area contributed by atoms with Gasteiger partial charge in [0.2, 0.25) is 11.8 Å². The van der Waals surface area contributed by atoms with Crippen LogP contribution in [0, 0.1) is 6.92 Å². The van der Waals surface area contributed by atoms with Crippen LogP contribution < -0.4 is 10.2 Å². The molecule has 0 spiro atoms. The number of carbonyl (C=O) groups excluding carboxylic acids is 2. The molecule has 0 aliphatic rings. The fourth-order valence-corrected chi connectivity index (χ4v) is 2.93. The number of hydrogen-bond donors (Lipinski definition) is 1. The highest BCUT2D eigenvalue weighted by Gasteiger charge is 2.14. The summed E-state index contributed by atoms with van der Waals surface area (Å²) in [6.45, 7) is 7.98.